The number of benzene rings is 2. The predicted octanol–water partition coefficient (Wildman–Crippen LogP) is 2.72. The van der Waals surface area contributed by atoms with Gasteiger partial charge in [0, 0.05) is 50.7 Å². The highest BCUT2D eigenvalue weighted by Gasteiger charge is 2.21. The number of anilines is 3. The lowest BCUT2D eigenvalue weighted by molar-refractivity contribution is 0.0951. The van der Waals surface area contributed by atoms with Gasteiger partial charge in [-0.05, 0) is 36.8 Å². The number of methoxy groups -OCH3 is 1. The summed E-state index contributed by atoms with van der Waals surface area (Å²) in [5.74, 6) is 2.04. The Bertz CT molecular complexity index is 1110. The minimum absolute atomic E-state index is 0.171. The van der Waals surface area contributed by atoms with Crippen LogP contribution < -0.4 is 30.3 Å². The number of nitrogens with zero attached hydrogens (tertiary/aromatic N) is 4. The molecule has 9 nitrogen and oxygen atoms in total. The second kappa shape index (κ2) is 10.7. The first-order valence-electron chi connectivity index (χ1n) is 11.3. The molecule has 1 aromatic heterocycles. The molecule has 9 heteroatoms. The third-order valence-corrected chi connectivity index (χ3v) is 5.72. The molecule has 4 rings (SSSR count). The molecular formula is C25H30N6O3. The molecule has 0 aliphatic carbocycles. The van der Waals surface area contributed by atoms with Gasteiger partial charge < -0.3 is 30.3 Å². The number of ether oxygens (including phenoxy) is 2. The predicted molar refractivity (Wildman–Crippen MR) is 133 cm³/mol. The molecule has 1 fully saturated rings. The first-order chi connectivity index (χ1) is 16.6. The van der Waals surface area contributed by atoms with Gasteiger partial charge in [0.2, 0.25) is 5.95 Å². The summed E-state index contributed by atoms with van der Waals surface area (Å²) in [6.07, 6.45) is 1.50. The first kappa shape index (κ1) is 23.2. The molecule has 1 amide bonds. The van der Waals surface area contributed by atoms with Crippen LogP contribution in [0.15, 0.2) is 54.7 Å². The van der Waals surface area contributed by atoms with E-state index in [9.17, 15) is 4.79 Å². The van der Waals surface area contributed by atoms with Gasteiger partial charge in [-0.1, -0.05) is 18.2 Å². The van der Waals surface area contributed by atoms with Crippen LogP contribution in [-0.2, 0) is 6.54 Å². The molecule has 0 unspecified atom stereocenters. The van der Waals surface area contributed by atoms with Crippen LogP contribution >= 0.6 is 0 Å². The Kier molecular flexibility index (Phi) is 7.31. The van der Waals surface area contributed by atoms with E-state index in [2.05, 4.69) is 31.2 Å². The summed E-state index contributed by atoms with van der Waals surface area (Å²) in [5, 5.41) is 2.87. The standard InChI is InChI=1S/C25H30N6O3/c1-3-34-20-9-7-18(8-10-20)16-27-24(32)22-17-28-25(29-23(22)26)31-13-11-30(12-14-31)19-5-4-6-21(15-19)33-2/h4-10,15,17H,3,11-14,16H2,1-2H3,(H,27,32)(H2,26,28,29). The van der Waals surface area contributed by atoms with Crippen molar-refractivity contribution in [1.29, 1.82) is 0 Å². The molecule has 178 valence electrons. The number of hydrogen-bond donors (Lipinski definition) is 2. The van der Waals surface area contributed by atoms with E-state index < -0.39 is 0 Å². The fourth-order valence-electron chi connectivity index (χ4n) is 3.83. The van der Waals surface area contributed by atoms with Crippen LogP contribution in [0.5, 0.6) is 11.5 Å². The summed E-state index contributed by atoms with van der Waals surface area (Å²) in [5.41, 5.74) is 8.47. The van der Waals surface area contributed by atoms with Gasteiger partial charge in [0.05, 0.1) is 19.3 Å². The van der Waals surface area contributed by atoms with Gasteiger partial charge in [0.15, 0.2) is 0 Å². The summed E-state index contributed by atoms with van der Waals surface area (Å²) in [6, 6.07) is 15.6. The van der Waals surface area contributed by atoms with E-state index in [1.807, 2.05) is 49.4 Å². The molecule has 0 radical (unpaired) electrons. The molecule has 3 aromatic rings. The Labute approximate surface area is 199 Å². The van der Waals surface area contributed by atoms with E-state index >= 15 is 0 Å². The Morgan fingerprint density at radius 3 is 2.47 bits per heavy atom. The number of hydrogen-bond acceptors (Lipinski definition) is 8. The summed E-state index contributed by atoms with van der Waals surface area (Å²) in [7, 11) is 1.67. The van der Waals surface area contributed by atoms with Crippen LogP contribution in [0.2, 0.25) is 0 Å². The van der Waals surface area contributed by atoms with Crippen molar-refractivity contribution in [2.75, 3.05) is 55.4 Å². The summed E-state index contributed by atoms with van der Waals surface area (Å²) >= 11 is 0. The molecule has 2 heterocycles. The van der Waals surface area contributed by atoms with Crippen molar-refractivity contribution in [3.05, 3.63) is 65.9 Å². The number of nitrogens with two attached hydrogens (primary N) is 1. The van der Waals surface area contributed by atoms with Gasteiger partial charge in [0.1, 0.15) is 17.3 Å². The average molecular weight is 463 g/mol. The monoisotopic (exact) mass is 462 g/mol. The van der Waals surface area contributed by atoms with E-state index in [1.165, 1.54) is 6.20 Å². The summed E-state index contributed by atoms with van der Waals surface area (Å²) < 4.78 is 10.8. The molecular weight excluding hydrogens is 432 g/mol. The molecule has 1 aliphatic rings. The zero-order chi connectivity index (χ0) is 23.9. The second-order valence-corrected chi connectivity index (χ2v) is 7.90. The van der Waals surface area contributed by atoms with Crippen LogP contribution in [0, 0.1) is 0 Å². The van der Waals surface area contributed by atoms with Crippen LogP contribution in [-0.4, -0.2) is 55.8 Å². The highest BCUT2D eigenvalue weighted by atomic mass is 16.5. The Balaban J connectivity index is 1.33. The number of carbonyl (C=O) groups excluding carboxylic acids is 1. The highest BCUT2D eigenvalue weighted by molar-refractivity contribution is 5.98. The van der Waals surface area contributed by atoms with Crippen molar-refractivity contribution in [2.45, 2.75) is 13.5 Å². The van der Waals surface area contributed by atoms with Crippen LogP contribution in [0.1, 0.15) is 22.8 Å². The van der Waals surface area contributed by atoms with Crippen LogP contribution in [0.25, 0.3) is 0 Å². The largest absolute Gasteiger partial charge is 0.497 e. The van der Waals surface area contributed by atoms with Gasteiger partial charge in [-0.2, -0.15) is 4.98 Å². The molecule has 1 saturated heterocycles. The number of carbonyl (C=O) groups is 1. The Hall–Kier alpha value is -4.01. The number of nitrogen functional groups attached to an aromatic ring is 1. The van der Waals surface area contributed by atoms with Crippen molar-refractivity contribution >= 4 is 23.4 Å². The minimum Gasteiger partial charge on any atom is -0.497 e. The number of rotatable bonds is 8. The zero-order valence-corrected chi connectivity index (χ0v) is 19.5. The molecule has 2 aromatic carbocycles. The SMILES string of the molecule is CCOc1ccc(CNC(=O)c2cnc(N3CCN(c4cccc(OC)c4)CC3)nc2N)cc1. The van der Waals surface area contributed by atoms with Gasteiger partial charge in [-0.25, -0.2) is 4.98 Å². The molecule has 0 atom stereocenters. The van der Waals surface area contributed by atoms with Gasteiger partial charge >= 0.3 is 0 Å². The quantitative estimate of drug-likeness (QED) is 0.526. The van der Waals surface area contributed by atoms with E-state index in [0.29, 0.717) is 19.1 Å². The number of amides is 1. The third-order valence-electron chi connectivity index (χ3n) is 5.72. The Morgan fingerprint density at radius 1 is 1.06 bits per heavy atom. The number of nitrogens with one attached hydrogen (secondary N) is 1. The maximum atomic E-state index is 12.6. The van der Waals surface area contributed by atoms with Gasteiger partial charge in [0.25, 0.3) is 5.91 Å². The highest BCUT2D eigenvalue weighted by Crippen LogP contribution is 2.23. The molecule has 34 heavy (non-hydrogen) atoms. The smallest absolute Gasteiger partial charge is 0.256 e. The number of piperazine rings is 1. The maximum Gasteiger partial charge on any atom is 0.256 e. The van der Waals surface area contributed by atoms with Crippen molar-refractivity contribution in [3.63, 3.8) is 0 Å². The maximum absolute atomic E-state index is 12.6. The average Bonchev–Trinajstić information content (AvgIpc) is 2.88. The lowest BCUT2D eigenvalue weighted by Gasteiger charge is -2.36. The van der Waals surface area contributed by atoms with Crippen molar-refractivity contribution < 1.29 is 14.3 Å². The van der Waals surface area contributed by atoms with Crippen LogP contribution in [0.4, 0.5) is 17.5 Å². The lowest BCUT2D eigenvalue weighted by atomic mass is 10.2. The molecule has 0 saturated carbocycles. The van der Waals surface area contributed by atoms with Gasteiger partial charge in [-0.3, -0.25) is 4.79 Å². The van der Waals surface area contributed by atoms with Crippen LogP contribution in [0.3, 0.4) is 0 Å². The molecule has 3 N–H and O–H groups in total. The molecule has 0 bridgehead atoms. The van der Waals surface area contributed by atoms with E-state index in [1.54, 1.807) is 7.11 Å². The fraction of sp³-hybridized carbons (Fsp3) is 0.320. The summed E-state index contributed by atoms with van der Waals surface area (Å²) in [6.45, 7) is 6.07. The van der Waals surface area contributed by atoms with E-state index in [0.717, 1.165) is 48.9 Å². The topological polar surface area (TPSA) is 106 Å². The minimum atomic E-state index is -0.305. The normalized spacial score (nSPS) is 13.5. The first-order valence-corrected chi connectivity index (χ1v) is 11.3. The molecule has 0 spiro atoms. The van der Waals surface area contributed by atoms with Gasteiger partial charge in [-0.15, -0.1) is 0 Å². The third kappa shape index (κ3) is 5.48. The van der Waals surface area contributed by atoms with Crippen molar-refractivity contribution in [3.8, 4) is 11.5 Å². The number of aromatic nitrogens is 2. The van der Waals surface area contributed by atoms with Crippen molar-refractivity contribution in [2.24, 2.45) is 0 Å². The fourth-order valence-corrected chi connectivity index (χ4v) is 3.83. The second-order valence-electron chi connectivity index (χ2n) is 7.90. The van der Waals surface area contributed by atoms with E-state index in [4.69, 9.17) is 15.2 Å². The Morgan fingerprint density at radius 2 is 1.79 bits per heavy atom. The zero-order valence-electron chi connectivity index (χ0n) is 19.5. The lowest BCUT2D eigenvalue weighted by Crippen LogP contribution is -2.47. The molecule has 1 aliphatic heterocycles. The summed E-state index contributed by atoms with van der Waals surface area (Å²) in [4.78, 5) is 25.8. The van der Waals surface area contributed by atoms with Crippen molar-refractivity contribution in [1.82, 2.24) is 15.3 Å². The van der Waals surface area contributed by atoms with E-state index in [-0.39, 0.29) is 17.3 Å².